The van der Waals surface area contributed by atoms with Crippen molar-refractivity contribution in [1.82, 2.24) is 14.9 Å². The van der Waals surface area contributed by atoms with Gasteiger partial charge in [0.2, 0.25) is 27.7 Å². The van der Waals surface area contributed by atoms with E-state index in [4.69, 9.17) is 5.73 Å². The molecule has 1 aromatic carbocycles. The van der Waals surface area contributed by atoms with E-state index in [-0.39, 0.29) is 32.0 Å². The molecule has 30 heavy (non-hydrogen) atoms. The average Bonchev–Trinajstić information content (AvgIpc) is 2.71. The second kappa shape index (κ2) is 11.3. The molecule has 1 aromatic rings. The molecule has 166 valence electrons. The number of carbonyl (C=O) groups is 3. The van der Waals surface area contributed by atoms with Crippen molar-refractivity contribution in [3.05, 3.63) is 35.9 Å². The van der Waals surface area contributed by atoms with Crippen molar-refractivity contribution in [3.63, 3.8) is 0 Å². The summed E-state index contributed by atoms with van der Waals surface area (Å²) in [6.07, 6.45) is 2.42. The number of amides is 3. The van der Waals surface area contributed by atoms with Crippen LogP contribution in [0.25, 0.3) is 0 Å². The molecular formula is C19H28N4O5S2. The number of rotatable bonds is 11. The summed E-state index contributed by atoms with van der Waals surface area (Å²) in [5.74, 6) is -2.36. The van der Waals surface area contributed by atoms with Crippen molar-refractivity contribution in [2.75, 3.05) is 37.4 Å². The van der Waals surface area contributed by atoms with Gasteiger partial charge in [-0.05, 0) is 30.4 Å². The van der Waals surface area contributed by atoms with Gasteiger partial charge in [0.25, 0.3) is 0 Å². The van der Waals surface area contributed by atoms with E-state index in [1.165, 1.54) is 11.8 Å². The number of thioether (sulfide) groups is 1. The molecule has 0 aliphatic carbocycles. The molecule has 2 atom stereocenters. The summed E-state index contributed by atoms with van der Waals surface area (Å²) in [5.41, 5.74) is 6.20. The zero-order valence-electron chi connectivity index (χ0n) is 16.9. The average molecular weight is 457 g/mol. The van der Waals surface area contributed by atoms with Crippen LogP contribution in [0.1, 0.15) is 12.0 Å². The molecule has 3 amide bonds. The van der Waals surface area contributed by atoms with Gasteiger partial charge in [-0.3, -0.25) is 14.4 Å². The van der Waals surface area contributed by atoms with Crippen molar-refractivity contribution in [3.8, 4) is 0 Å². The molecule has 2 rings (SSSR count). The van der Waals surface area contributed by atoms with Crippen LogP contribution in [0.2, 0.25) is 0 Å². The molecule has 11 heteroatoms. The standard InChI is InChI=1S/C19H28N4O5S2/c1-29-10-7-16(18(20)25)22-19(26)15(11-14-5-3-2-4-6-14)13-30(27,28)23-9-8-21-17(24)12-23/h2-6,15-16H,7-13H2,1H3,(H2,20,25)(H,21,24)(H,22,26)/t15?,16-/m0/s1. The highest BCUT2D eigenvalue weighted by Gasteiger charge is 2.34. The van der Waals surface area contributed by atoms with Crippen molar-refractivity contribution in [2.24, 2.45) is 11.7 Å². The molecule has 1 aliphatic rings. The van der Waals surface area contributed by atoms with E-state index in [2.05, 4.69) is 10.6 Å². The van der Waals surface area contributed by atoms with Gasteiger partial charge < -0.3 is 16.4 Å². The van der Waals surface area contributed by atoms with Gasteiger partial charge in [-0.15, -0.1) is 0 Å². The zero-order chi connectivity index (χ0) is 22.1. The Morgan fingerprint density at radius 1 is 1.30 bits per heavy atom. The molecular weight excluding hydrogens is 428 g/mol. The summed E-state index contributed by atoms with van der Waals surface area (Å²) in [6, 6.07) is 8.18. The van der Waals surface area contributed by atoms with E-state index in [1.807, 2.05) is 12.3 Å². The third kappa shape index (κ3) is 7.29. The molecule has 0 aromatic heterocycles. The first-order chi connectivity index (χ1) is 14.2. The second-order valence-corrected chi connectivity index (χ2v) is 10.1. The van der Waals surface area contributed by atoms with Crippen LogP contribution in [0.15, 0.2) is 30.3 Å². The van der Waals surface area contributed by atoms with Crippen LogP contribution < -0.4 is 16.4 Å². The van der Waals surface area contributed by atoms with E-state index in [1.54, 1.807) is 24.3 Å². The minimum atomic E-state index is -3.86. The Bertz CT molecular complexity index is 848. The molecule has 0 saturated carbocycles. The van der Waals surface area contributed by atoms with Crippen LogP contribution in [0.5, 0.6) is 0 Å². The lowest BCUT2D eigenvalue weighted by Gasteiger charge is -2.28. The van der Waals surface area contributed by atoms with Crippen LogP contribution in [0.3, 0.4) is 0 Å². The molecule has 1 fully saturated rings. The lowest BCUT2D eigenvalue weighted by Crippen LogP contribution is -2.53. The third-order valence-electron chi connectivity index (χ3n) is 4.77. The van der Waals surface area contributed by atoms with Gasteiger partial charge in [-0.25, -0.2) is 8.42 Å². The fourth-order valence-electron chi connectivity index (χ4n) is 3.15. The fourth-order valence-corrected chi connectivity index (χ4v) is 5.29. The highest BCUT2D eigenvalue weighted by atomic mass is 32.2. The summed E-state index contributed by atoms with van der Waals surface area (Å²) in [7, 11) is -3.86. The van der Waals surface area contributed by atoms with Gasteiger partial charge in [0.15, 0.2) is 0 Å². The number of nitrogens with zero attached hydrogens (tertiary/aromatic N) is 1. The molecule has 1 unspecified atom stereocenters. The van der Waals surface area contributed by atoms with Crippen molar-refractivity contribution < 1.29 is 22.8 Å². The van der Waals surface area contributed by atoms with E-state index in [0.717, 1.165) is 9.87 Å². The van der Waals surface area contributed by atoms with E-state index in [9.17, 15) is 22.8 Å². The number of hydrogen-bond donors (Lipinski definition) is 3. The molecule has 0 bridgehead atoms. The number of hydrogen-bond acceptors (Lipinski definition) is 6. The van der Waals surface area contributed by atoms with Gasteiger partial charge in [0, 0.05) is 13.1 Å². The maximum atomic E-state index is 13.0. The normalized spacial score (nSPS) is 17.0. The molecule has 4 N–H and O–H groups in total. The number of primary amides is 1. The molecule has 0 spiro atoms. The number of nitrogens with one attached hydrogen (secondary N) is 2. The predicted octanol–water partition coefficient (Wildman–Crippen LogP) is -0.670. The monoisotopic (exact) mass is 456 g/mol. The fraction of sp³-hybridized carbons (Fsp3) is 0.526. The smallest absolute Gasteiger partial charge is 0.240 e. The lowest BCUT2D eigenvalue weighted by atomic mass is 9.99. The van der Waals surface area contributed by atoms with E-state index < -0.39 is 39.6 Å². The molecule has 1 saturated heterocycles. The minimum Gasteiger partial charge on any atom is -0.368 e. The molecule has 0 radical (unpaired) electrons. The lowest BCUT2D eigenvalue weighted by molar-refractivity contribution is -0.129. The molecule has 9 nitrogen and oxygen atoms in total. The van der Waals surface area contributed by atoms with Crippen molar-refractivity contribution in [1.29, 1.82) is 0 Å². The minimum absolute atomic E-state index is 0.158. The Hall–Kier alpha value is -2.11. The highest BCUT2D eigenvalue weighted by molar-refractivity contribution is 7.98. The highest BCUT2D eigenvalue weighted by Crippen LogP contribution is 2.16. The quantitative estimate of drug-likeness (QED) is 0.404. The first-order valence-corrected chi connectivity index (χ1v) is 12.6. The largest absolute Gasteiger partial charge is 0.368 e. The number of piperazine rings is 1. The van der Waals surface area contributed by atoms with Crippen LogP contribution in [-0.2, 0) is 30.8 Å². The van der Waals surface area contributed by atoms with Crippen LogP contribution in [0, 0.1) is 5.92 Å². The number of carbonyl (C=O) groups excluding carboxylic acids is 3. The summed E-state index contributed by atoms with van der Waals surface area (Å²) in [5, 5.41) is 5.20. The van der Waals surface area contributed by atoms with Crippen LogP contribution in [-0.4, -0.2) is 73.9 Å². The summed E-state index contributed by atoms with van der Waals surface area (Å²) >= 11 is 1.51. The zero-order valence-corrected chi connectivity index (χ0v) is 18.5. The van der Waals surface area contributed by atoms with Crippen LogP contribution in [0.4, 0.5) is 0 Å². The Labute approximate surface area is 181 Å². The predicted molar refractivity (Wildman–Crippen MR) is 116 cm³/mol. The Balaban J connectivity index is 2.19. The first-order valence-electron chi connectivity index (χ1n) is 9.60. The Kier molecular flexibility index (Phi) is 9.12. The number of sulfonamides is 1. The van der Waals surface area contributed by atoms with Crippen molar-refractivity contribution >= 4 is 39.5 Å². The maximum absolute atomic E-state index is 13.0. The van der Waals surface area contributed by atoms with Gasteiger partial charge in [-0.1, -0.05) is 30.3 Å². The first kappa shape index (κ1) is 24.2. The van der Waals surface area contributed by atoms with Gasteiger partial charge in [-0.2, -0.15) is 16.1 Å². The third-order valence-corrected chi connectivity index (χ3v) is 7.34. The van der Waals surface area contributed by atoms with Gasteiger partial charge in [0.1, 0.15) is 6.04 Å². The van der Waals surface area contributed by atoms with Gasteiger partial charge in [0.05, 0.1) is 18.2 Å². The molecule has 1 aliphatic heterocycles. The van der Waals surface area contributed by atoms with Gasteiger partial charge >= 0.3 is 0 Å². The van der Waals surface area contributed by atoms with Crippen molar-refractivity contribution in [2.45, 2.75) is 18.9 Å². The summed E-state index contributed by atoms with van der Waals surface area (Å²) < 4.78 is 26.9. The SMILES string of the molecule is CSCC[C@H](NC(=O)C(Cc1ccccc1)CS(=O)(=O)N1CCNC(=O)C1)C(N)=O. The maximum Gasteiger partial charge on any atom is 0.240 e. The number of nitrogens with two attached hydrogens (primary N) is 1. The Morgan fingerprint density at radius 2 is 2.00 bits per heavy atom. The second-order valence-electron chi connectivity index (χ2n) is 7.09. The van der Waals surface area contributed by atoms with Crippen LogP contribution >= 0.6 is 11.8 Å². The summed E-state index contributed by atoms with van der Waals surface area (Å²) in [4.78, 5) is 36.3. The number of benzene rings is 1. The van der Waals surface area contributed by atoms with E-state index >= 15 is 0 Å². The van der Waals surface area contributed by atoms with E-state index in [0.29, 0.717) is 12.2 Å². The Morgan fingerprint density at radius 3 is 2.60 bits per heavy atom. The topological polar surface area (TPSA) is 139 Å². The summed E-state index contributed by atoms with van der Waals surface area (Å²) in [6.45, 7) is 0.122. The molecule has 1 heterocycles.